The second kappa shape index (κ2) is 8.45. The van der Waals surface area contributed by atoms with Gasteiger partial charge in [0.25, 0.3) is 5.91 Å². The van der Waals surface area contributed by atoms with Crippen LogP contribution in [-0.2, 0) is 0 Å². The van der Waals surface area contributed by atoms with Crippen molar-refractivity contribution < 1.29 is 14.3 Å². The summed E-state index contributed by atoms with van der Waals surface area (Å²) in [6, 6.07) is 18.2. The van der Waals surface area contributed by atoms with E-state index in [4.69, 9.17) is 4.74 Å². The Bertz CT molecular complexity index is 903. The molecule has 1 amide bonds. The molecule has 4 nitrogen and oxygen atoms in total. The summed E-state index contributed by atoms with van der Waals surface area (Å²) < 4.78 is 5.63. The van der Waals surface area contributed by atoms with Crippen molar-refractivity contribution >= 4 is 23.0 Å². The maximum absolute atomic E-state index is 12.6. The van der Waals surface area contributed by atoms with Crippen LogP contribution in [-0.4, -0.2) is 24.8 Å². The number of benzene rings is 2. The first kappa shape index (κ1) is 17.9. The second-order valence-electron chi connectivity index (χ2n) is 5.77. The molecule has 3 rings (SSSR count). The van der Waals surface area contributed by atoms with Crippen LogP contribution in [0.15, 0.2) is 66.0 Å². The molecule has 3 aromatic rings. The molecule has 0 spiro atoms. The van der Waals surface area contributed by atoms with E-state index in [0.29, 0.717) is 29.2 Å². The van der Waals surface area contributed by atoms with Gasteiger partial charge in [-0.25, -0.2) is 0 Å². The number of carbonyl (C=O) groups excluding carboxylic acids is 2. The van der Waals surface area contributed by atoms with Crippen molar-refractivity contribution in [3.05, 3.63) is 87.6 Å². The quantitative estimate of drug-likeness (QED) is 0.507. The van der Waals surface area contributed by atoms with Crippen molar-refractivity contribution in [1.82, 2.24) is 5.32 Å². The maximum atomic E-state index is 12.6. The zero-order chi connectivity index (χ0) is 18.4. The molecule has 1 N–H and O–H groups in total. The van der Waals surface area contributed by atoms with E-state index in [2.05, 4.69) is 5.32 Å². The third kappa shape index (κ3) is 4.37. The summed E-state index contributed by atoms with van der Waals surface area (Å²) in [5.74, 6) is 0.354. The molecule has 0 aliphatic rings. The van der Waals surface area contributed by atoms with Crippen LogP contribution in [0.2, 0.25) is 0 Å². The van der Waals surface area contributed by atoms with E-state index >= 15 is 0 Å². The molecule has 0 radical (unpaired) electrons. The highest BCUT2D eigenvalue weighted by atomic mass is 32.1. The lowest BCUT2D eigenvalue weighted by molar-refractivity contribution is 0.0936. The molecule has 0 aliphatic carbocycles. The molecule has 0 fully saturated rings. The van der Waals surface area contributed by atoms with Gasteiger partial charge in [-0.2, -0.15) is 0 Å². The molecule has 0 saturated heterocycles. The highest BCUT2D eigenvalue weighted by Gasteiger charge is 2.18. The van der Waals surface area contributed by atoms with Crippen molar-refractivity contribution in [2.24, 2.45) is 0 Å². The maximum Gasteiger partial charge on any atom is 0.252 e. The Morgan fingerprint density at radius 1 is 1.00 bits per heavy atom. The van der Waals surface area contributed by atoms with Gasteiger partial charge in [0.1, 0.15) is 12.4 Å². The smallest absolute Gasteiger partial charge is 0.252 e. The summed E-state index contributed by atoms with van der Waals surface area (Å²) in [5.41, 5.74) is 1.90. The lowest BCUT2D eigenvalue weighted by atomic mass is 10.0. The van der Waals surface area contributed by atoms with E-state index < -0.39 is 0 Å². The van der Waals surface area contributed by atoms with Crippen molar-refractivity contribution in [2.75, 3.05) is 13.2 Å². The van der Waals surface area contributed by atoms with Crippen LogP contribution in [0.3, 0.4) is 0 Å². The molecule has 0 saturated carbocycles. The predicted molar refractivity (Wildman–Crippen MR) is 103 cm³/mol. The summed E-state index contributed by atoms with van der Waals surface area (Å²) in [6.45, 7) is 2.71. The Labute approximate surface area is 156 Å². The first-order valence-electron chi connectivity index (χ1n) is 8.30. The minimum atomic E-state index is -0.279. The van der Waals surface area contributed by atoms with E-state index in [9.17, 15) is 9.59 Å². The predicted octanol–water partition coefficient (Wildman–Crippen LogP) is 4.10. The van der Waals surface area contributed by atoms with Crippen molar-refractivity contribution in [3.63, 3.8) is 0 Å². The molecule has 2 aromatic carbocycles. The molecule has 0 atom stereocenters. The highest BCUT2D eigenvalue weighted by Crippen LogP contribution is 2.18. The number of hydrogen-bond donors (Lipinski definition) is 1. The Balaban J connectivity index is 1.61. The van der Waals surface area contributed by atoms with E-state index in [0.717, 1.165) is 11.3 Å². The van der Waals surface area contributed by atoms with Gasteiger partial charge in [0.15, 0.2) is 0 Å². The second-order valence-corrected chi connectivity index (χ2v) is 6.72. The average molecular weight is 365 g/mol. The Kier molecular flexibility index (Phi) is 5.81. The lowest BCUT2D eigenvalue weighted by Gasteiger charge is -2.10. The first-order valence-corrected chi connectivity index (χ1v) is 9.18. The van der Waals surface area contributed by atoms with Crippen LogP contribution in [0, 0.1) is 6.92 Å². The first-order chi connectivity index (χ1) is 12.6. The fourth-order valence-electron chi connectivity index (χ4n) is 2.55. The minimum absolute atomic E-state index is 0.137. The van der Waals surface area contributed by atoms with Crippen molar-refractivity contribution in [2.45, 2.75) is 6.92 Å². The van der Waals surface area contributed by atoms with E-state index in [1.54, 1.807) is 30.3 Å². The number of aryl methyl sites for hydroxylation is 1. The Morgan fingerprint density at radius 3 is 2.54 bits per heavy atom. The number of carbonyl (C=O) groups is 2. The topological polar surface area (TPSA) is 55.4 Å². The van der Waals surface area contributed by atoms with Gasteiger partial charge in [-0.1, -0.05) is 36.4 Å². The van der Waals surface area contributed by atoms with Crippen LogP contribution in [0.4, 0.5) is 0 Å². The van der Waals surface area contributed by atoms with Gasteiger partial charge in [-0.05, 0) is 42.1 Å². The molecule has 26 heavy (non-hydrogen) atoms. The average Bonchev–Trinajstić information content (AvgIpc) is 3.19. The largest absolute Gasteiger partial charge is 0.492 e. The van der Waals surface area contributed by atoms with Crippen LogP contribution in [0.1, 0.15) is 31.2 Å². The normalized spacial score (nSPS) is 10.3. The third-order valence-electron chi connectivity index (χ3n) is 3.81. The molecule has 5 heteroatoms. The fraction of sp³-hybridized carbons (Fsp3) is 0.143. The number of thiophene rings is 1. The monoisotopic (exact) mass is 365 g/mol. The summed E-state index contributed by atoms with van der Waals surface area (Å²) >= 11 is 1.37. The number of ether oxygens (including phenoxy) is 1. The number of ketones is 1. The highest BCUT2D eigenvalue weighted by molar-refractivity contribution is 7.12. The standard InChI is InChI=1S/C21H19NO3S/c1-15-6-4-7-16(14-15)25-12-11-22-21(24)18-9-3-2-8-17(18)20(23)19-10-5-13-26-19/h2-10,13-14H,11-12H2,1H3,(H,22,24). The Hall–Kier alpha value is -2.92. The fourth-order valence-corrected chi connectivity index (χ4v) is 3.23. The van der Waals surface area contributed by atoms with Gasteiger partial charge in [0.2, 0.25) is 5.78 Å². The summed E-state index contributed by atoms with van der Waals surface area (Å²) in [7, 11) is 0. The van der Waals surface area contributed by atoms with Crippen LogP contribution < -0.4 is 10.1 Å². The van der Waals surface area contributed by atoms with Crippen LogP contribution in [0.5, 0.6) is 5.75 Å². The summed E-state index contributed by atoms with van der Waals surface area (Å²) in [4.78, 5) is 25.7. The molecule has 1 heterocycles. The molecular weight excluding hydrogens is 346 g/mol. The molecule has 0 bridgehead atoms. The Morgan fingerprint density at radius 2 is 1.81 bits per heavy atom. The number of hydrogen-bond acceptors (Lipinski definition) is 4. The van der Waals surface area contributed by atoms with E-state index in [-0.39, 0.29) is 11.7 Å². The van der Waals surface area contributed by atoms with Gasteiger partial charge in [0.05, 0.1) is 17.0 Å². The van der Waals surface area contributed by atoms with E-state index in [1.807, 2.05) is 42.6 Å². The number of amides is 1. The van der Waals surface area contributed by atoms with Gasteiger partial charge in [0, 0.05) is 5.56 Å². The van der Waals surface area contributed by atoms with Crippen LogP contribution in [0.25, 0.3) is 0 Å². The lowest BCUT2D eigenvalue weighted by Crippen LogP contribution is -2.29. The zero-order valence-electron chi connectivity index (χ0n) is 14.4. The van der Waals surface area contributed by atoms with Gasteiger partial charge < -0.3 is 10.1 Å². The molecule has 0 unspecified atom stereocenters. The SMILES string of the molecule is Cc1cccc(OCCNC(=O)c2ccccc2C(=O)c2cccs2)c1. The molecule has 1 aromatic heterocycles. The molecule has 132 valence electrons. The number of rotatable bonds is 7. The van der Waals surface area contributed by atoms with E-state index in [1.165, 1.54) is 11.3 Å². The molecular formula is C21H19NO3S. The van der Waals surface area contributed by atoms with Gasteiger partial charge >= 0.3 is 0 Å². The van der Waals surface area contributed by atoms with Gasteiger partial charge in [-0.3, -0.25) is 9.59 Å². The number of nitrogens with one attached hydrogen (secondary N) is 1. The zero-order valence-corrected chi connectivity index (χ0v) is 15.2. The van der Waals surface area contributed by atoms with Crippen molar-refractivity contribution in [3.8, 4) is 5.75 Å². The summed E-state index contributed by atoms with van der Waals surface area (Å²) in [5, 5.41) is 4.66. The van der Waals surface area contributed by atoms with Crippen molar-refractivity contribution in [1.29, 1.82) is 0 Å². The van der Waals surface area contributed by atoms with Crippen LogP contribution >= 0.6 is 11.3 Å². The molecule has 0 aliphatic heterocycles. The summed E-state index contributed by atoms with van der Waals surface area (Å²) in [6.07, 6.45) is 0. The third-order valence-corrected chi connectivity index (χ3v) is 4.68. The minimum Gasteiger partial charge on any atom is -0.492 e. The van der Waals surface area contributed by atoms with Gasteiger partial charge in [-0.15, -0.1) is 11.3 Å².